The van der Waals surface area contributed by atoms with Crippen LogP contribution in [0.2, 0.25) is 0 Å². The molecule has 0 unspecified atom stereocenters. The first-order chi connectivity index (χ1) is 9.40. The highest BCUT2D eigenvalue weighted by atomic mass is 16.5. The van der Waals surface area contributed by atoms with Crippen molar-refractivity contribution in [1.82, 2.24) is 0 Å². The topological polar surface area (TPSA) is 79.9 Å². The molecule has 0 saturated heterocycles. The van der Waals surface area contributed by atoms with E-state index in [2.05, 4.69) is 0 Å². The average molecular weight is 276 g/mol. The fourth-order valence-corrected chi connectivity index (χ4v) is 2.74. The van der Waals surface area contributed by atoms with Crippen LogP contribution in [-0.4, -0.2) is 22.9 Å². The van der Waals surface area contributed by atoms with Crippen molar-refractivity contribution < 1.29 is 19.4 Å². The summed E-state index contributed by atoms with van der Waals surface area (Å²) in [7, 11) is 0. The van der Waals surface area contributed by atoms with Crippen molar-refractivity contribution in [3.63, 3.8) is 0 Å². The largest absolute Gasteiger partial charge is 0.508 e. The number of phenolic OH excluding ortho intramolecular Hbond substituents is 1. The molecule has 0 amide bonds. The SMILES string of the molecule is Cc1c(O)ccc2oc(=O)c3c(c12)O[C@@H](C)[C@]3(C)CO. The van der Waals surface area contributed by atoms with Crippen LogP contribution < -0.4 is 10.4 Å². The minimum absolute atomic E-state index is 0.113. The molecule has 2 N–H and O–H groups in total. The molecule has 1 aromatic carbocycles. The molecule has 2 heterocycles. The summed E-state index contributed by atoms with van der Waals surface area (Å²) < 4.78 is 11.1. The van der Waals surface area contributed by atoms with Crippen LogP contribution in [0.1, 0.15) is 25.0 Å². The van der Waals surface area contributed by atoms with Crippen LogP contribution >= 0.6 is 0 Å². The summed E-state index contributed by atoms with van der Waals surface area (Å²) in [6.45, 7) is 5.10. The molecular weight excluding hydrogens is 260 g/mol. The van der Waals surface area contributed by atoms with Crippen LogP contribution in [-0.2, 0) is 5.41 Å². The van der Waals surface area contributed by atoms with Gasteiger partial charge in [0.2, 0.25) is 0 Å². The molecule has 1 aliphatic rings. The van der Waals surface area contributed by atoms with Crippen LogP contribution in [0.4, 0.5) is 0 Å². The van der Waals surface area contributed by atoms with Gasteiger partial charge in [-0.3, -0.25) is 0 Å². The first-order valence-electron chi connectivity index (χ1n) is 6.47. The molecule has 0 radical (unpaired) electrons. The van der Waals surface area contributed by atoms with Gasteiger partial charge in [-0.1, -0.05) is 0 Å². The second kappa shape index (κ2) is 3.99. The van der Waals surface area contributed by atoms with Gasteiger partial charge in [-0.2, -0.15) is 0 Å². The monoisotopic (exact) mass is 276 g/mol. The second-order valence-corrected chi connectivity index (χ2v) is 5.51. The lowest BCUT2D eigenvalue weighted by atomic mass is 9.81. The summed E-state index contributed by atoms with van der Waals surface area (Å²) in [5.74, 6) is 0.524. The standard InChI is InChI=1S/C15H16O5/c1-7-9(17)4-5-10-11(7)13-12(14(18)20-10)15(3,6-16)8(2)19-13/h4-5,8,16-17H,6H2,1-3H3/t8-,15-/m0/s1. The van der Waals surface area contributed by atoms with E-state index in [4.69, 9.17) is 9.15 Å². The Morgan fingerprint density at radius 2 is 2.10 bits per heavy atom. The van der Waals surface area contributed by atoms with E-state index in [1.54, 1.807) is 26.8 Å². The van der Waals surface area contributed by atoms with Crippen LogP contribution in [0.5, 0.6) is 11.5 Å². The normalized spacial score (nSPS) is 24.7. The minimum Gasteiger partial charge on any atom is -0.508 e. The summed E-state index contributed by atoms with van der Waals surface area (Å²) in [5, 5.41) is 20.1. The van der Waals surface area contributed by atoms with Crippen LogP contribution in [0, 0.1) is 6.92 Å². The number of phenols is 1. The van der Waals surface area contributed by atoms with Crippen LogP contribution in [0.25, 0.3) is 11.0 Å². The molecule has 20 heavy (non-hydrogen) atoms. The van der Waals surface area contributed by atoms with Gasteiger partial charge in [-0.25, -0.2) is 4.79 Å². The smallest absolute Gasteiger partial charge is 0.344 e. The fourth-order valence-electron chi connectivity index (χ4n) is 2.74. The number of ether oxygens (including phenoxy) is 1. The van der Waals surface area contributed by atoms with Gasteiger partial charge in [-0.15, -0.1) is 0 Å². The number of rotatable bonds is 1. The van der Waals surface area contributed by atoms with Crippen molar-refractivity contribution >= 4 is 11.0 Å². The van der Waals surface area contributed by atoms with Gasteiger partial charge in [-0.05, 0) is 32.9 Å². The predicted octanol–water partition coefficient (Wildman–Crippen LogP) is 1.84. The zero-order chi connectivity index (χ0) is 14.7. The maximum atomic E-state index is 12.2. The first kappa shape index (κ1) is 13.0. The zero-order valence-electron chi connectivity index (χ0n) is 11.6. The van der Waals surface area contributed by atoms with Crippen molar-refractivity contribution in [1.29, 1.82) is 0 Å². The number of benzene rings is 1. The van der Waals surface area contributed by atoms with E-state index in [1.807, 2.05) is 0 Å². The molecule has 1 aromatic heterocycles. The van der Waals surface area contributed by atoms with E-state index in [1.165, 1.54) is 6.07 Å². The third-order valence-corrected chi connectivity index (χ3v) is 4.35. The summed E-state index contributed by atoms with van der Waals surface area (Å²) in [5.41, 5.74) is 0.00432. The summed E-state index contributed by atoms with van der Waals surface area (Å²) in [4.78, 5) is 12.2. The van der Waals surface area contributed by atoms with E-state index < -0.39 is 11.0 Å². The van der Waals surface area contributed by atoms with E-state index in [0.29, 0.717) is 27.8 Å². The lowest BCUT2D eigenvalue weighted by Gasteiger charge is -2.23. The van der Waals surface area contributed by atoms with Crippen molar-refractivity contribution in [3.05, 3.63) is 33.7 Å². The Labute approximate surface area is 115 Å². The van der Waals surface area contributed by atoms with Crippen LogP contribution in [0.3, 0.4) is 0 Å². The Balaban J connectivity index is 2.49. The van der Waals surface area contributed by atoms with Crippen LogP contribution in [0.15, 0.2) is 21.3 Å². The second-order valence-electron chi connectivity index (χ2n) is 5.51. The predicted molar refractivity (Wildman–Crippen MR) is 73.4 cm³/mol. The quantitative estimate of drug-likeness (QED) is 0.777. The highest BCUT2D eigenvalue weighted by Gasteiger charge is 2.46. The number of aryl methyl sites for hydroxylation is 1. The van der Waals surface area contributed by atoms with Gasteiger partial charge in [0.1, 0.15) is 23.2 Å². The number of aromatic hydroxyl groups is 1. The number of fused-ring (bicyclic) bond motifs is 3. The van der Waals surface area contributed by atoms with E-state index in [9.17, 15) is 15.0 Å². The van der Waals surface area contributed by atoms with Gasteiger partial charge in [0.15, 0.2) is 0 Å². The molecule has 0 fully saturated rings. The van der Waals surface area contributed by atoms with Crippen molar-refractivity contribution in [2.24, 2.45) is 0 Å². The molecular formula is C15H16O5. The van der Waals surface area contributed by atoms with E-state index >= 15 is 0 Å². The maximum absolute atomic E-state index is 12.2. The molecule has 0 bridgehead atoms. The third-order valence-electron chi connectivity index (χ3n) is 4.35. The van der Waals surface area contributed by atoms with E-state index in [-0.39, 0.29) is 18.5 Å². The molecule has 0 saturated carbocycles. The molecule has 0 spiro atoms. The lowest BCUT2D eigenvalue weighted by molar-refractivity contribution is 0.112. The Kier molecular flexibility index (Phi) is 2.59. The molecule has 0 aliphatic carbocycles. The Hall–Kier alpha value is -2.01. The van der Waals surface area contributed by atoms with Gasteiger partial charge >= 0.3 is 5.63 Å². The molecule has 5 heteroatoms. The minimum atomic E-state index is -0.804. The lowest BCUT2D eigenvalue weighted by Crippen LogP contribution is -2.39. The Bertz CT molecular complexity index is 761. The molecule has 3 rings (SSSR count). The van der Waals surface area contributed by atoms with E-state index in [0.717, 1.165) is 0 Å². The molecule has 2 atom stereocenters. The summed E-state index contributed by atoms with van der Waals surface area (Å²) >= 11 is 0. The first-order valence-corrected chi connectivity index (χ1v) is 6.47. The van der Waals surface area contributed by atoms with Gasteiger partial charge < -0.3 is 19.4 Å². The number of aliphatic hydroxyl groups is 1. The molecule has 106 valence electrons. The maximum Gasteiger partial charge on any atom is 0.344 e. The molecule has 5 nitrogen and oxygen atoms in total. The Morgan fingerprint density at radius 1 is 1.40 bits per heavy atom. The Morgan fingerprint density at radius 3 is 2.75 bits per heavy atom. The van der Waals surface area contributed by atoms with Gasteiger partial charge in [0.05, 0.1) is 23.0 Å². The number of aliphatic hydroxyl groups excluding tert-OH is 1. The fraction of sp³-hybridized carbons (Fsp3) is 0.400. The third kappa shape index (κ3) is 1.44. The van der Waals surface area contributed by atoms with Crippen molar-refractivity contribution in [2.45, 2.75) is 32.3 Å². The van der Waals surface area contributed by atoms with Crippen molar-refractivity contribution in [3.8, 4) is 11.5 Å². The molecule has 2 aromatic rings. The summed E-state index contributed by atoms with van der Waals surface area (Å²) in [6, 6.07) is 3.03. The van der Waals surface area contributed by atoms with Gasteiger partial charge in [0.25, 0.3) is 0 Å². The average Bonchev–Trinajstić information content (AvgIpc) is 2.67. The number of hydrogen-bond acceptors (Lipinski definition) is 5. The van der Waals surface area contributed by atoms with Crippen molar-refractivity contribution in [2.75, 3.05) is 6.61 Å². The highest BCUT2D eigenvalue weighted by Crippen LogP contribution is 2.46. The number of hydrogen-bond donors (Lipinski definition) is 2. The molecule has 1 aliphatic heterocycles. The van der Waals surface area contributed by atoms with Gasteiger partial charge in [0, 0.05) is 5.56 Å². The highest BCUT2D eigenvalue weighted by molar-refractivity contribution is 5.90. The zero-order valence-corrected chi connectivity index (χ0v) is 11.6. The summed E-state index contributed by atoms with van der Waals surface area (Å²) in [6.07, 6.45) is -0.349.